The molecule has 138 valence electrons. The largest absolute Gasteiger partial charge is 0.465 e. The summed E-state index contributed by atoms with van der Waals surface area (Å²) in [4.78, 5) is 31.3. The van der Waals surface area contributed by atoms with Crippen LogP contribution in [0.3, 0.4) is 0 Å². The number of methoxy groups -OCH3 is 1. The molecule has 4 rings (SSSR count). The van der Waals surface area contributed by atoms with Gasteiger partial charge in [-0.15, -0.1) is 11.3 Å². The van der Waals surface area contributed by atoms with Crippen molar-refractivity contribution in [3.8, 4) is 10.7 Å². The van der Waals surface area contributed by atoms with Gasteiger partial charge < -0.3 is 14.2 Å². The summed E-state index contributed by atoms with van der Waals surface area (Å²) < 4.78 is 9.99. The number of benzene rings is 1. The zero-order valence-electron chi connectivity index (χ0n) is 14.7. The van der Waals surface area contributed by atoms with E-state index in [1.165, 1.54) is 18.4 Å². The molecular weight excluding hydrogens is 366 g/mol. The minimum atomic E-state index is -0.375. The van der Waals surface area contributed by atoms with Crippen molar-refractivity contribution < 1.29 is 18.8 Å². The molecule has 1 aliphatic heterocycles. The van der Waals surface area contributed by atoms with Gasteiger partial charge in [0.2, 0.25) is 17.6 Å². The lowest BCUT2D eigenvalue weighted by Crippen LogP contribution is -2.29. The Hall–Kier alpha value is -3.00. The van der Waals surface area contributed by atoms with Crippen molar-refractivity contribution in [3.63, 3.8) is 0 Å². The van der Waals surface area contributed by atoms with E-state index in [2.05, 4.69) is 10.1 Å². The van der Waals surface area contributed by atoms with Gasteiger partial charge in [-0.3, -0.25) is 4.79 Å². The number of nitrogens with zero attached hydrogens (tertiary/aromatic N) is 3. The number of hydrogen-bond donors (Lipinski definition) is 0. The van der Waals surface area contributed by atoms with Crippen molar-refractivity contribution in [2.75, 3.05) is 18.6 Å². The van der Waals surface area contributed by atoms with E-state index in [9.17, 15) is 9.59 Å². The fraction of sp³-hybridized carbons (Fsp3) is 0.263. The van der Waals surface area contributed by atoms with Crippen LogP contribution in [0.25, 0.3) is 10.7 Å². The van der Waals surface area contributed by atoms with Crippen molar-refractivity contribution in [3.05, 3.63) is 52.7 Å². The molecular formula is C19H17N3O4S. The van der Waals surface area contributed by atoms with Crippen LogP contribution in [0.15, 0.2) is 40.2 Å². The zero-order valence-corrected chi connectivity index (χ0v) is 15.5. The standard InChI is InChI=1S/C19H17N3O4S/c1-25-19(24)13-4-5-14-12(11-13)8-9-22(14)17(23)7-6-16-20-18(21-26-16)15-3-2-10-27-15/h2-5,10-11H,6-9H2,1H3. The molecule has 0 saturated carbocycles. The molecule has 1 amide bonds. The minimum Gasteiger partial charge on any atom is -0.465 e. The van der Waals surface area contributed by atoms with Gasteiger partial charge in [0.25, 0.3) is 0 Å². The molecule has 0 aliphatic carbocycles. The van der Waals surface area contributed by atoms with Crippen LogP contribution >= 0.6 is 11.3 Å². The molecule has 0 unspecified atom stereocenters. The normalized spacial score (nSPS) is 12.9. The molecule has 1 aliphatic rings. The summed E-state index contributed by atoms with van der Waals surface area (Å²) >= 11 is 1.54. The number of fused-ring (bicyclic) bond motifs is 1. The molecule has 27 heavy (non-hydrogen) atoms. The SMILES string of the molecule is COC(=O)c1ccc2c(c1)CCN2C(=O)CCc1nc(-c2cccs2)no1. The number of thiophene rings is 1. The monoisotopic (exact) mass is 383 g/mol. The average molecular weight is 383 g/mol. The molecule has 0 bridgehead atoms. The molecule has 2 aromatic heterocycles. The first-order valence-corrected chi connectivity index (χ1v) is 9.42. The molecule has 0 spiro atoms. The number of rotatable bonds is 5. The van der Waals surface area contributed by atoms with Gasteiger partial charge in [0, 0.05) is 25.1 Å². The smallest absolute Gasteiger partial charge is 0.337 e. The van der Waals surface area contributed by atoms with Crippen molar-refractivity contribution >= 4 is 28.9 Å². The Morgan fingerprint density at radius 3 is 3.00 bits per heavy atom. The predicted octanol–water partition coefficient (Wildman–Crippen LogP) is 3.11. The number of anilines is 1. The van der Waals surface area contributed by atoms with Gasteiger partial charge in [-0.2, -0.15) is 4.98 Å². The van der Waals surface area contributed by atoms with Gasteiger partial charge in [0.1, 0.15) is 0 Å². The zero-order chi connectivity index (χ0) is 18.8. The van der Waals surface area contributed by atoms with E-state index in [0.717, 1.165) is 22.5 Å². The van der Waals surface area contributed by atoms with Crippen molar-refractivity contribution in [2.45, 2.75) is 19.3 Å². The number of amides is 1. The van der Waals surface area contributed by atoms with Gasteiger partial charge in [-0.25, -0.2) is 4.79 Å². The number of carbonyl (C=O) groups is 2. The first kappa shape index (κ1) is 17.4. The van der Waals surface area contributed by atoms with E-state index in [0.29, 0.717) is 30.2 Å². The third-order valence-corrected chi connectivity index (χ3v) is 5.33. The summed E-state index contributed by atoms with van der Waals surface area (Å²) in [5, 5.41) is 5.91. The highest BCUT2D eigenvalue weighted by Crippen LogP contribution is 2.30. The topological polar surface area (TPSA) is 85.5 Å². The number of hydrogen-bond acceptors (Lipinski definition) is 7. The maximum atomic E-state index is 12.6. The molecule has 0 fully saturated rings. The molecule has 0 N–H and O–H groups in total. The Morgan fingerprint density at radius 1 is 1.33 bits per heavy atom. The van der Waals surface area contributed by atoms with E-state index in [-0.39, 0.29) is 18.3 Å². The highest BCUT2D eigenvalue weighted by Gasteiger charge is 2.26. The molecule has 7 nitrogen and oxygen atoms in total. The molecule has 8 heteroatoms. The molecule has 3 heterocycles. The van der Waals surface area contributed by atoms with Crippen LogP contribution in [0.2, 0.25) is 0 Å². The fourth-order valence-corrected chi connectivity index (χ4v) is 3.77. The van der Waals surface area contributed by atoms with Crippen molar-refractivity contribution in [1.82, 2.24) is 10.1 Å². The lowest BCUT2D eigenvalue weighted by Gasteiger charge is -2.17. The quantitative estimate of drug-likeness (QED) is 0.630. The maximum Gasteiger partial charge on any atom is 0.337 e. The number of carbonyl (C=O) groups excluding carboxylic acids is 2. The first-order valence-electron chi connectivity index (χ1n) is 8.54. The number of ether oxygens (including phenoxy) is 1. The maximum absolute atomic E-state index is 12.6. The molecule has 3 aromatic rings. The van der Waals surface area contributed by atoms with E-state index in [1.807, 2.05) is 17.5 Å². The van der Waals surface area contributed by atoms with Gasteiger partial charge in [0.15, 0.2) is 0 Å². The van der Waals surface area contributed by atoms with Crippen LogP contribution in [0, 0.1) is 0 Å². The number of aromatic nitrogens is 2. The summed E-state index contributed by atoms with van der Waals surface area (Å²) in [6.07, 6.45) is 1.39. The number of aryl methyl sites for hydroxylation is 1. The van der Waals surface area contributed by atoms with Crippen LogP contribution in [-0.4, -0.2) is 35.7 Å². The Labute approximate surface area is 159 Å². The van der Waals surface area contributed by atoms with Crippen LogP contribution in [-0.2, 0) is 22.4 Å². The van der Waals surface area contributed by atoms with Gasteiger partial charge >= 0.3 is 5.97 Å². The van der Waals surface area contributed by atoms with Crippen LogP contribution in [0.5, 0.6) is 0 Å². The van der Waals surface area contributed by atoms with Crippen molar-refractivity contribution in [1.29, 1.82) is 0 Å². The van der Waals surface area contributed by atoms with Crippen LogP contribution in [0.1, 0.15) is 28.2 Å². The molecule has 1 aromatic carbocycles. The second kappa shape index (κ2) is 7.32. The Kier molecular flexibility index (Phi) is 4.72. The molecule has 0 saturated heterocycles. The Morgan fingerprint density at radius 2 is 2.22 bits per heavy atom. The van der Waals surface area contributed by atoms with Crippen LogP contribution < -0.4 is 4.90 Å². The third kappa shape index (κ3) is 3.48. The third-order valence-electron chi connectivity index (χ3n) is 4.46. The summed E-state index contributed by atoms with van der Waals surface area (Å²) in [6.45, 7) is 0.600. The Bertz CT molecular complexity index is 981. The summed E-state index contributed by atoms with van der Waals surface area (Å²) in [6, 6.07) is 9.12. The number of esters is 1. The van der Waals surface area contributed by atoms with Crippen LogP contribution in [0.4, 0.5) is 5.69 Å². The minimum absolute atomic E-state index is 0.00422. The lowest BCUT2D eigenvalue weighted by atomic mass is 10.1. The van der Waals surface area contributed by atoms with Gasteiger partial charge in [0.05, 0.1) is 17.6 Å². The van der Waals surface area contributed by atoms with Gasteiger partial charge in [-0.05, 0) is 41.6 Å². The van der Waals surface area contributed by atoms with E-state index in [4.69, 9.17) is 9.26 Å². The van der Waals surface area contributed by atoms with E-state index < -0.39 is 0 Å². The van der Waals surface area contributed by atoms with Gasteiger partial charge in [-0.1, -0.05) is 11.2 Å². The Balaban J connectivity index is 1.41. The summed E-state index contributed by atoms with van der Waals surface area (Å²) in [7, 11) is 1.35. The summed E-state index contributed by atoms with van der Waals surface area (Å²) in [5.74, 6) is 0.623. The fourth-order valence-electron chi connectivity index (χ4n) is 3.12. The predicted molar refractivity (Wildman–Crippen MR) is 99.8 cm³/mol. The second-order valence-electron chi connectivity index (χ2n) is 6.12. The highest BCUT2D eigenvalue weighted by atomic mass is 32.1. The second-order valence-corrected chi connectivity index (χ2v) is 7.07. The summed E-state index contributed by atoms with van der Waals surface area (Å²) in [5.41, 5.74) is 2.32. The molecule has 0 atom stereocenters. The average Bonchev–Trinajstić information content (AvgIpc) is 3.44. The van der Waals surface area contributed by atoms with E-state index in [1.54, 1.807) is 23.1 Å². The van der Waals surface area contributed by atoms with E-state index >= 15 is 0 Å². The lowest BCUT2D eigenvalue weighted by molar-refractivity contribution is -0.118. The van der Waals surface area contributed by atoms with Crippen molar-refractivity contribution in [2.24, 2.45) is 0 Å². The highest BCUT2D eigenvalue weighted by molar-refractivity contribution is 7.13. The molecule has 0 radical (unpaired) electrons. The first-order chi connectivity index (χ1) is 13.2.